The van der Waals surface area contributed by atoms with E-state index in [9.17, 15) is 13.2 Å². The van der Waals surface area contributed by atoms with E-state index < -0.39 is 24.6 Å². The van der Waals surface area contributed by atoms with Crippen LogP contribution in [0, 0.1) is 5.92 Å². The van der Waals surface area contributed by atoms with E-state index in [2.05, 4.69) is 21.1 Å². The maximum atomic E-state index is 13.7. The average molecular weight is 422 g/mol. The summed E-state index contributed by atoms with van der Waals surface area (Å²) >= 11 is 0. The second-order valence-corrected chi connectivity index (χ2v) is 8.90. The van der Waals surface area contributed by atoms with E-state index in [-0.39, 0.29) is 30.8 Å². The molecule has 4 heterocycles. The molecule has 29 heavy (non-hydrogen) atoms. The molecule has 0 aromatic heterocycles. The highest BCUT2D eigenvalue weighted by atomic mass is 19.4. The van der Waals surface area contributed by atoms with Crippen LogP contribution in [0.25, 0.3) is 0 Å². The van der Waals surface area contributed by atoms with E-state index in [1.165, 1.54) is 0 Å². The number of nitrogens with two attached hydrogens (primary N) is 1. The number of halogens is 3. The zero-order valence-corrected chi connectivity index (χ0v) is 17.0. The van der Waals surface area contributed by atoms with E-state index in [0.717, 1.165) is 38.6 Å². The third-order valence-electron chi connectivity index (χ3n) is 7.09. The first-order chi connectivity index (χ1) is 13.9. The standard InChI is InChI=1S/C19H34F3N5O2/c1-28-14-10-13(23)15-18-26-25-17(29-18)12(19(20,21)22)8-4-2-3-6-11-7-5-9-27(11)16(14)24-15/h11-18,24-26H,2-10,23H2,1H3/t11-,12?,13?,14?,15?,16?,17?,18?/m1/s1. The van der Waals surface area contributed by atoms with Crippen LogP contribution in [0.5, 0.6) is 0 Å². The van der Waals surface area contributed by atoms with Crippen LogP contribution in [0.1, 0.15) is 51.4 Å². The van der Waals surface area contributed by atoms with Gasteiger partial charge in [-0.1, -0.05) is 19.3 Å². The molecular formula is C19H34F3N5O2. The zero-order valence-electron chi connectivity index (χ0n) is 17.0. The lowest BCUT2D eigenvalue weighted by atomic mass is 9.92. The van der Waals surface area contributed by atoms with Crippen LogP contribution in [0.3, 0.4) is 0 Å². The largest absolute Gasteiger partial charge is 0.395 e. The van der Waals surface area contributed by atoms with Gasteiger partial charge in [-0.05, 0) is 32.1 Å². The quantitative estimate of drug-likeness (QED) is 0.509. The highest BCUT2D eigenvalue weighted by molar-refractivity contribution is 5.01. The van der Waals surface area contributed by atoms with Crippen molar-refractivity contribution in [3.05, 3.63) is 0 Å². The summed E-state index contributed by atoms with van der Waals surface area (Å²) in [6.45, 7) is 1.00. The molecule has 10 heteroatoms. The first-order valence-electron chi connectivity index (χ1n) is 10.9. The van der Waals surface area contributed by atoms with Gasteiger partial charge in [0.25, 0.3) is 0 Å². The van der Waals surface area contributed by atoms with Crippen molar-refractivity contribution in [3.8, 4) is 0 Å². The summed E-state index contributed by atoms with van der Waals surface area (Å²) in [4.78, 5) is 2.48. The molecule has 0 saturated carbocycles. The molecule has 4 aliphatic rings. The SMILES string of the molecule is COC1CC(N)C2NC1N1CCC[C@H]1CCCCCC(C(F)(F)F)C1NNC2O1. The molecule has 4 rings (SSSR count). The lowest BCUT2D eigenvalue weighted by Gasteiger charge is -2.47. The summed E-state index contributed by atoms with van der Waals surface area (Å²) in [5.74, 6) is -1.53. The first kappa shape index (κ1) is 21.7. The number of hydrogen-bond acceptors (Lipinski definition) is 7. The summed E-state index contributed by atoms with van der Waals surface area (Å²) in [6, 6.07) is -0.153. The van der Waals surface area contributed by atoms with Gasteiger partial charge in [0.1, 0.15) is 12.5 Å². The second-order valence-electron chi connectivity index (χ2n) is 8.90. The molecular weight excluding hydrogens is 387 g/mol. The number of ether oxygens (including phenoxy) is 2. The van der Waals surface area contributed by atoms with Crippen molar-refractivity contribution in [3.63, 3.8) is 0 Å². The predicted octanol–water partition coefficient (Wildman–Crippen LogP) is 1.40. The van der Waals surface area contributed by atoms with Crippen molar-refractivity contribution in [2.75, 3.05) is 13.7 Å². The zero-order chi connectivity index (χ0) is 20.6. The van der Waals surface area contributed by atoms with Crippen molar-refractivity contribution in [1.82, 2.24) is 21.1 Å². The molecule has 0 aliphatic carbocycles. The van der Waals surface area contributed by atoms with Crippen LogP contribution in [0.15, 0.2) is 0 Å². The number of fused-ring (bicyclic) bond motifs is 7. The minimum absolute atomic E-state index is 0.0110. The van der Waals surface area contributed by atoms with Gasteiger partial charge >= 0.3 is 6.18 Å². The molecule has 8 atom stereocenters. The fraction of sp³-hybridized carbons (Fsp3) is 1.00. The summed E-state index contributed by atoms with van der Waals surface area (Å²) < 4.78 is 52.6. The predicted molar refractivity (Wildman–Crippen MR) is 101 cm³/mol. The molecule has 7 nitrogen and oxygen atoms in total. The molecule has 7 unspecified atom stereocenters. The highest BCUT2D eigenvalue weighted by Gasteiger charge is 2.51. The Bertz CT molecular complexity index is 554. The summed E-state index contributed by atoms with van der Waals surface area (Å²) in [7, 11) is 1.70. The first-order valence-corrected chi connectivity index (χ1v) is 10.9. The van der Waals surface area contributed by atoms with Crippen LogP contribution in [-0.4, -0.2) is 67.6 Å². The summed E-state index contributed by atoms with van der Waals surface area (Å²) in [6.07, 6.45) is 0.185. The Morgan fingerprint density at radius 2 is 1.76 bits per heavy atom. The number of piperidine rings is 1. The Hall–Kier alpha value is -0.490. The van der Waals surface area contributed by atoms with Gasteiger partial charge in [-0.2, -0.15) is 13.2 Å². The van der Waals surface area contributed by atoms with E-state index in [4.69, 9.17) is 15.2 Å². The van der Waals surface area contributed by atoms with E-state index in [1.807, 2.05) is 0 Å². The molecule has 0 amide bonds. The van der Waals surface area contributed by atoms with Crippen LogP contribution in [-0.2, 0) is 9.47 Å². The Balaban J connectivity index is 1.57. The summed E-state index contributed by atoms with van der Waals surface area (Å²) in [5.41, 5.74) is 12.1. The van der Waals surface area contributed by atoms with Gasteiger partial charge in [-0.3, -0.25) is 10.2 Å². The Labute approximate surface area is 170 Å². The van der Waals surface area contributed by atoms with Crippen molar-refractivity contribution in [2.45, 2.75) is 100 Å². The average Bonchev–Trinajstić information content (AvgIpc) is 3.32. The molecule has 168 valence electrons. The monoisotopic (exact) mass is 421 g/mol. The van der Waals surface area contributed by atoms with Crippen molar-refractivity contribution in [1.29, 1.82) is 0 Å². The van der Waals surface area contributed by atoms with Gasteiger partial charge in [0.2, 0.25) is 0 Å². The van der Waals surface area contributed by atoms with Crippen LogP contribution < -0.4 is 21.9 Å². The van der Waals surface area contributed by atoms with Crippen LogP contribution >= 0.6 is 0 Å². The van der Waals surface area contributed by atoms with Crippen LogP contribution in [0.4, 0.5) is 13.2 Å². The third-order valence-corrected chi connectivity index (χ3v) is 7.09. The minimum atomic E-state index is -4.31. The lowest BCUT2D eigenvalue weighted by Crippen LogP contribution is -2.70. The smallest absolute Gasteiger partial charge is 0.378 e. The van der Waals surface area contributed by atoms with Gasteiger partial charge in [-0.25, -0.2) is 10.9 Å². The van der Waals surface area contributed by atoms with Crippen molar-refractivity contribution in [2.24, 2.45) is 11.7 Å². The van der Waals surface area contributed by atoms with E-state index in [1.54, 1.807) is 7.11 Å². The van der Waals surface area contributed by atoms with Gasteiger partial charge in [0.05, 0.1) is 24.2 Å². The van der Waals surface area contributed by atoms with Gasteiger partial charge in [0, 0.05) is 25.7 Å². The van der Waals surface area contributed by atoms with Crippen LogP contribution in [0.2, 0.25) is 0 Å². The molecule has 0 aromatic rings. The Kier molecular flexibility index (Phi) is 6.70. The molecule has 0 aromatic carbocycles. The van der Waals surface area contributed by atoms with Gasteiger partial charge < -0.3 is 15.2 Å². The lowest BCUT2D eigenvalue weighted by molar-refractivity contribution is -0.211. The topological polar surface area (TPSA) is 83.8 Å². The molecule has 4 saturated heterocycles. The van der Waals surface area contributed by atoms with E-state index in [0.29, 0.717) is 18.9 Å². The molecule has 4 bridgehead atoms. The van der Waals surface area contributed by atoms with E-state index >= 15 is 0 Å². The van der Waals surface area contributed by atoms with Gasteiger partial charge in [-0.15, -0.1) is 0 Å². The molecule has 4 aliphatic heterocycles. The maximum absolute atomic E-state index is 13.7. The normalized spacial score (nSPS) is 45.0. The maximum Gasteiger partial charge on any atom is 0.395 e. The molecule has 5 N–H and O–H groups in total. The Morgan fingerprint density at radius 3 is 2.52 bits per heavy atom. The number of rotatable bonds is 1. The Morgan fingerprint density at radius 1 is 1.03 bits per heavy atom. The fourth-order valence-electron chi connectivity index (χ4n) is 5.52. The highest BCUT2D eigenvalue weighted by Crippen LogP contribution is 2.36. The van der Waals surface area contributed by atoms with Gasteiger partial charge in [0.15, 0.2) is 0 Å². The molecule has 0 spiro atoms. The number of methoxy groups -OCH3 is 1. The fourth-order valence-corrected chi connectivity index (χ4v) is 5.52. The molecule has 0 radical (unpaired) electrons. The second kappa shape index (κ2) is 8.94. The third kappa shape index (κ3) is 4.58. The minimum Gasteiger partial charge on any atom is -0.378 e. The molecule has 4 fully saturated rings. The van der Waals surface area contributed by atoms with Crippen molar-refractivity contribution < 1.29 is 22.6 Å². The number of hydrogen-bond donors (Lipinski definition) is 4. The number of alkyl halides is 3. The number of nitrogens with zero attached hydrogens (tertiary/aromatic N) is 1. The summed E-state index contributed by atoms with van der Waals surface area (Å²) in [5, 5.41) is 3.58. The van der Waals surface area contributed by atoms with Crippen molar-refractivity contribution >= 4 is 0 Å². The number of nitrogens with one attached hydrogen (secondary N) is 3. The number of hydrazine groups is 1.